The third-order valence-corrected chi connectivity index (χ3v) is 8.09. The first kappa shape index (κ1) is 38.5. The van der Waals surface area contributed by atoms with Crippen LogP contribution in [0.15, 0.2) is 0 Å². The smallest absolute Gasteiger partial charge is 0.391 e. The van der Waals surface area contributed by atoms with Gasteiger partial charge in [-0.15, -0.1) is 0 Å². The normalized spacial score (nSPS) is 15.2. The van der Waals surface area contributed by atoms with Crippen molar-refractivity contribution in [1.82, 2.24) is 5.32 Å². The van der Waals surface area contributed by atoms with Crippen LogP contribution in [0.4, 0.5) is 0 Å². The summed E-state index contributed by atoms with van der Waals surface area (Å²) in [7, 11) is 1.61. The number of carbonyl (C=O) groups is 1. The fraction of sp³-hybridized carbons (Fsp3) is 0.967. The standard InChI is InChI=1S/C30H63N2O6P/c1-6-8-10-12-14-16-17-19-21-23-29(33)28(27-38-39(35,36)37-26-25-32(3,4)5)31-30(34)24-22-20-18-15-13-11-9-7-2/h28-29,33H,6-27H2,1-5H3,(H-,31,34,35,36)/p+1/t28-,29+/m0/s1. The van der Waals surface area contributed by atoms with Gasteiger partial charge in [-0.25, -0.2) is 4.57 Å². The van der Waals surface area contributed by atoms with E-state index in [4.69, 9.17) is 9.05 Å². The zero-order chi connectivity index (χ0) is 29.4. The van der Waals surface area contributed by atoms with Crippen LogP contribution in [0.2, 0.25) is 0 Å². The van der Waals surface area contributed by atoms with Gasteiger partial charge in [0.05, 0.1) is 39.9 Å². The molecule has 3 atom stereocenters. The lowest BCUT2D eigenvalue weighted by Crippen LogP contribution is -2.46. The van der Waals surface area contributed by atoms with Crippen molar-refractivity contribution in [2.75, 3.05) is 40.9 Å². The van der Waals surface area contributed by atoms with E-state index < -0.39 is 20.0 Å². The number of hydrogen-bond acceptors (Lipinski definition) is 5. The molecule has 0 radical (unpaired) electrons. The summed E-state index contributed by atoms with van der Waals surface area (Å²) in [6.45, 7) is 4.80. The van der Waals surface area contributed by atoms with Crippen molar-refractivity contribution in [1.29, 1.82) is 0 Å². The van der Waals surface area contributed by atoms with E-state index in [-0.39, 0.29) is 19.1 Å². The minimum absolute atomic E-state index is 0.0771. The number of phosphoric acid groups is 1. The van der Waals surface area contributed by atoms with Crippen LogP contribution in [0.1, 0.15) is 136 Å². The average Bonchev–Trinajstić information content (AvgIpc) is 2.86. The fourth-order valence-electron chi connectivity index (χ4n) is 4.45. The Morgan fingerprint density at radius 2 is 1.23 bits per heavy atom. The number of likely N-dealkylation sites (N-methyl/N-ethyl adjacent to an activating group) is 1. The maximum Gasteiger partial charge on any atom is 0.472 e. The molecule has 8 nitrogen and oxygen atoms in total. The Hall–Kier alpha value is -0.500. The Morgan fingerprint density at radius 3 is 1.72 bits per heavy atom. The van der Waals surface area contributed by atoms with Crippen molar-refractivity contribution >= 4 is 13.7 Å². The van der Waals surface area contributed by atoms with Crippen LogP contribution in [-0.2, 0) is 18.4 Å². The minimum atomic E-state index is -4.28. The number of quaternary nitrogens is 1. The molecular weight excluding hydrogens is 515 g/mol. The van der Waals surface area contributed by atoms with Crippen LogP contribution in [0.5, 0.6) is 0 Å². The molecule has 39 heavy (non-hydrogen) atoms. The summed E-state index contributed by atoms with van der Waals surface area (Å²) in [5.41, 5.74) is 0. The molecule has 0 aromatic heterocycles. The van der Waals surface area contributed by atoms with Crippen LogP contribution in [0, 0.1) is 0 Å². The van der Waals surface area contributed by atoms with Crippen LogP contribution < -0.4 is 5.32 Å². The largest absolute Gasteiger partial charge is 0.472 e. The quantitative estimate of drug-likeness (QED) is 0.0518. The molecular formula is C30H64N2O6P+. The monoisotopic (exact) mass is 579 g/mol. The number of nitrogens with zero attached hydrogens (tertiary/aromatic N) is 1. The predicted molar refractivity (Wildman–Crippen MR) is 162 cm³/mol. The van der Waals surface area contributed by atoms with Gasteiger partial charge in [0.1, 0.15) is 13.2 Å². The maximum atomic E-state index is 12.6. The topological polar surface area (TPSA) is 105 Å². The molecule has 9 heteroatoms. The number of carbonyl (C=O) groups excluding carboxylic acids is 1. The summed E-state index contributed by atoms with van der Waals surface area (Å²) in [6.07, 6.45) is 19.9. The zero-order valence-electron chi connectivity index (χ0n) is 26.1. The molecule has 0 aliphatic carbocycles. The molecule has 0 saturated carbocycles. The molecule has 1 amide bonds. The van der Waals surface area contributed by atoms with E-state index in [0.717, 1.165) is 38.5 Å². The van der Waals surface area contributed by atoms with Gasteiger partial charge in [-0.2, -0.15) is 0 Å². The Kier molecular flexibility index (Phi) is 23.8. The van der Waals surface area contributed by atoms with Gasteiger partial charge in [0.2, 0.25) is 5.91 Å². The van der Waals surface area contributed by atoms with Crippen molar-refractivity contribution < 1.29 is 32.9 Å². The van der Waals surface area contributed by atoms with E-state index in [9.17, 15) is 19.4 Å². The van der Waals surface area contributed by atoms with Gasteiger partial charge >= 0.3 is 7.82 Å². The lowest BCUT2D eigenvalue weighted by atomic mass is 10.0. The van der Waals surface area contributed by atoms with Gasteiger partial charge in [-0.3, -0.25) is 13.8 Å². The first-order valence-electron chi connectivity index (χ1n) is 15.9. The molecule has 1 unspecified atom stereocenters. The summed E-state index contributed by atoms with van der Waals surface area (Å²) < 4.78 is 23.3. The Labute approximate surface area is 240 Å². The van der Waals surface area contributed by atoms with Crippen LogP contribution in [0.3, 0.4) is 0 Å². The number of nitrogens with one attached hydrogen (secondary N) is 1. The molecule has 0 aliphatic heterocycles. The highest BCUT2D eigenvalue weighted by molar-refractivity contribution is 7.47. The van der Waals surface area contributed by atoms with E-state index in [0.29, 0.717) is 23.9 Å². The number of amides is 1. The SMILES string of the molecule is CCCCCCCCCCC[C@@H](O)[C@H](COP(=O)(O)OCC[N+](C)(C)C)NC(=O)CCCCCCCCCC. The second-order valence-corrected chi connectivity index (χ2v) is 13.6. The third-order valence-electron chi connectivity index (χ3n) is 7.11. The maximum absolute atomic E-state index is 12.6. The van der Waals surface area contributed by atoms with E-state index in [2.05, 4.69) is 19.2 Å². The van der Waals surface area contributed by atoms with Crippen LogP contribution >= 0.6 is 7.82 Å². The average molecular weight is 580 g/mol. The summed E-state index contributed by atoms with van der Waals surface area (Å²) in [6, 6.07) is -0.747. The molecule has 0 aliphatic rings. The van der Waals surface area contributed by atoms with E-state index in [1.54, 1.807) is 0 Å². The van der Waals surface area contributed by atoms with Crippen molar-refractivity contribution in [3.8, 4) is 0 Å². The second kappa shape index (κ2) is 24.1. The van der Waals surface area contributed by atoms with Gasteiger partial charge in [0.15, 0.2) is 0 Å². The summed E-state index contributed by atoms with van der Waals surface area (Å²) in [5.74, 6) is -0.153. The number of rotatable bonds is 28. The number of unbranched alkanes of at least 4 members (excludes halogenated alkanes) is 15. The number of aliphatic hydroxyl groups excluding tert-OH is 1. The molecule has 0 aromatic rings. The van der Waals surface area contributed by atoms with Gasteiger partial charge in [0, 0.05) is 6.42 Å². The molecule has 234 valence electrons. The highest BCUT2D eigenvalue weighted by atomic mass is 31.2. The second-order valence-electron chi connectivity index (χ2n) is 12.2. The highest BCUT2D eigenvalue weighted by Crippen LogP contribution is 2.43. The Morgan fingerprint density at radius 1 is 0.769 bits per heavy atom. The molecule has 0 spiro atoms. The van der Waals surface area contributed by atoms with Crippen molar-refractivity contribution in [3.05, 3.63) is 0 Å². The molecule has 0 bridgehead atoms. The summed E-state index contributed by atoms with van der Waals surface area (Å²) in [5, 5.41) is 13.7. The third kappa shape index (κ3) is 26.2. The van der Waals surface area contributed by atoms with Crippen molar-refractivity contribution in [2.45, 2.75) is 148 Å². The number of phosphoric ester groups is 1. The molecule has 3 N–H and O–H groups in total. The van der Waals surface area contributed by atoms with Gasteiger partial charge in [-0.1, -0.05) is 117 Å². The minimum Gasteiger partial charge on any atom is -0.391 e. The Bertz CT molecular complexity index is 629. The number of aliphatic hydroxyl groups is 1. The van der Waals surface area contributed by atoms with Crippen molar-refractivity contribution in [3.63, 3.8) is 0 Å². The van der Waals surface area contributed by atoms with Gasteiger partial charge in [-0.05, 0) is 12.8 Å². The molecule has 0 saturated heterocycles. The van der Waals surface area contributed by atoms with Crippen molar-refractivity contribution in [2.24, 2.45) is 0 Å². The van der Waals surface area contributed by atoms with E-state index >= 15 is 0 Å². The van der Waals surface area contributed by atoms with E-state index in [1.807, 2.05) is 21.1 Å². The molecule has 0 aromatic carbocycles. The highest BCUT2D eigenvalue weighted by Gasteiger charge is 2.28. The number of hydrogen-bond donors (Lipinski definition) is 3. The fourth-order valence-corrected chi connectivity index (χ4v) is 5.19. The summed E-state index contributed by atoms with van der Waals surface area (Å²) in [4.78, 5) is 22.7. The van der Waals surface area contributed by atoms with Crippen LogP contribution in [0.25, 0.3) is 0 Å². The van der Waals surface area contributed by atoms with E-state index in [1.165, 1.54) is 70.6 Å². The first-order chi connectivity index (χ1) is 18.5. The van der Waals surface area contributed by atoms with Gasteiger partial charge < -0.3 is 19.8 Å². The lowest BCUT2D eigenvalue weighted by molar-refractivity contribution is -0.870. The zero-order valence-corrected chi connectivity index (χ0v) is 27.0. The predicted octanol–water partition coefficient (Wildman–Crippen LogP) is 7.12. The molecule has 0 fully saturated rings. The Balaban J connectivity index is 4.58. The summed E-state index contributed by atoms with van der Waals surface area (Å²) >= 11 is 0. The first-order valence-corrected chi connectivity index (χ1v) is 17.4. The van der Waals surface area contributed by atoms with Crippen LogP contribution in [-0.4, -0.2) is 73.4 Å². The molecule has 0 rings (SSSR count). The molecule has 0 heterocycles. The van der Waals surface area contributed by atoms with Gasteiger partial charge in [0.25, 0.3) is 0 Å². The lowest BCUT2D eigenvalue weighted by Gasteiger charge is -2.26.